The van der Waals surface area contributed by atoms with E-state index >= 15 is 0 Å². The fourth-order valence-corrected chi connectivity index (χ4v) is 5.09. The van der Waals surface area contributed by atoms with Crippen molar-refractivity contribution in [1.82, 2.24) is 4.90 Å². The van der Waals surface area contributed by atoms with Crippen LogP contribution in [-0.4, -0.2) is 70.9 Å². The molecule has 2 aromatic carbocycles. The van der Waals surface area contributed by atoms with Gasteiger partial charge in [0.05, 0.1) is 30.2 Å². The molecule has 1 aliphatic heterocycles. The van der Waals surface area contributed by atoms with Gasteiger partial charge in [0.25, 0.3) is 5.91 Å². The summed E-state index contributed by atoms with van der Waals surface area (Å²) in [5.74, 6) is 0.246. The van der Waals surface area contributed by atoms with E-state index < -0.39 is 6.10 Å². The number of rotatable bonds is 10. The van der Waals surface area contributed by atoms with Gasteiger partial charge in [0, 0.05) is 25.1 Å². The predicted octanol–water partition coefficient (Wildman–Crippen LogP) is 4.41. The SMILES string of the molecule is CCCCOC(=O)c1ccc2c(c1)N(CCN(C)C)C(=O)C(OC)C(c1ccc(OC)cc1)S2. The molecule has 0 saturated carbocycles. The summed E-state index contributed by atoms with van der Waals surface area (Å²) in [6, 6.07) is 13.1. The van der Waals surface area contributed by atoms with Crippen LogP contribution in [0, 0.1) is 0 Å². The van der Waals surface area contributed by atoms with Crippen LogP contribution in [0.25, 0.3) is 0 Å². The largest absolute Gasteiger partial charge is 0.497 e. The third kappa shape index (κ3) is 6.11. The molecule has 0 N–H and O–H groups in total. The number of methoxy groups -OCH3 is 2. The molecule has 1 aliphatic rings. The molecule has 8 heteroatoms. The molecule has 0 saturated heterocycles. The molecule has 0 bridgehead atoms. The van der Waals surface area contributed by atoms with Crippen molar-refractivity contribution in [2.75, 3.05) is 52.9 Å². The summed E-state index contributed by atoms with van der Waals surface area (Å²) in [5.41, 5.74) is 2.12. The van der Waals surface area contributed by atoms with Gasteiger partial charge in [-0.25, -0.2) is 4.79 Å². The van der Waals surface area contributed by atoms with E-state index in [1.807, 2.05) is 56.3 Å². The predicted molar refractivity (Wildman–Crippen MR) is 135 cm³/mol. The lowest BCUT2D eigenvalue weighted by atomic mass is 10.1. The van der Waals surface area contributed by atoms with E-state index in [0.29, 0.717) is 30.9 Å². The van der Waals surface area contributed by atoms with E-state index in [1.54, 1.807) is 43.0 Å². The molecule has 3 rings (SSSR count). The first-order valence-electron chi connectivity index (χ1n) is 11.5. The first-order chi connectivity index (χ1) is 16.4. The number of esters is 1. The molecule has 1 amide bonds. The van der Waals surface area contributed by atoms with Crippen LogP contribution in [0.4, 0.5) is 5.69 Å². The number of thioether (sulfide) groups is 1. The van der Waals surface area contributed by atoms with Gasteiger partial charge in [-0.2, -0.15) is 0 Å². The number of amides is 1. The van der Waals surface area contributed by atoms with Gasteiger partial charge in [0.1, 0.15) is 5.75 Å². The zero-order chi connectivity index (χ0) is 24.7. The van der Waals surface area contributed by atoms with E-state index in [2.05, 4.69) is 0 Å². The van der Waals surface area contributed by atoms with Gasteiger partial charge in [-0.15, -0.1) is 11.8 Å². The van der Waals surface area contributed by atoms with Crippen LogP contribution in [0.2, 0.25) is 0 Å². The average molecular weight is 487 g/mol. The van der Waals surface area contributed by atoms with Gasteiger partial charge < -0.3 is 24.0 Å². The molecule has 1 heterocycles. The monoisotopic (exact) mass is 486 g/mol. The molecule has 2 aromatic rings. The van der Waals surface area contributed by atoms with Crippen LogP contribution in [-0.2, 0) is 14.3 Å². The zero-order valence-electron chi connectivity index (χ0n) is 20.6. The van der Waals surface area contributed by atoms with E-state index in [4.69, 9.17) is 14.2 Å². The Morgan fingerprint density at radius 3 is 2.47 bits per heavy atom. The minimum atomic E-state index is -0.687. The van der Waals surface area contributed by atoms with Crippen molar-refractivity contribution < 1.29 is 23.8 Å². The van der Waals surface area contributed by atoms with E-state index in [0.717, 1.165) is 29.1 Å². The van der Waals surface area contributed by atoms with Crippen LogP contribution in [0.5, 0.6) is 5.75 Å². The highest BCUT2D eigenvalue weighted by atomic mass is 32.2. The molecule has 2 atom stereocenters. The number of unbranched alkanes of at least 4 members (excludes halogenated alkanes) is 1. The third-order valence-corrected chi connectivity index (χ3v) is 7.10. The lowest BCUT2D eigenvalue weighted by Gasteiger charge is -2.28. The standard InChI is InChI=1S/C26H34N2O5S/c1-6-7-16-33-26(30)19-10-13-22-21(17-19)28(15-14-27(2)3)25(29)23(32-5)24(34-22)18-8-11-20(31-4)12-9-18/h8-13,17,23-24H,6-7,14-16H2,1-5H3. The quantitative estimate of drug-likeness (QED) is 0.364. The first kappa shape index (κ1) is 26.1. The molecule has 0 spiro atoms. The Labute approximate surface area is 206 Å². The fourth-order valence-electron chi connectivity index (χ4n) is 3.74. The summed E-state index contributed by atoms with van der Waals surface area (Å²) in [5, 5.41) is -0.256. The highest BCUT2D eigenvalue weighted by Gasteiger charge is 2.39. The Morgan fingerprint density at radius 1 is 1.12 bits per heavy atom. The smallest absolute Gasteiger partial charge is 0.338 e. The summed E-state index contributed by atoms with van der Waals surface area (Å²) in [4.78, 5) is 31.1. The van der Waals surface area contributed by atoms with Gasteiger partial charge in [-0.3, -0.25) is 4.79 Å². The number of benzene rings is 2. The topological polar surface area (TPSA) is 68.3 Å². The maximum atomic E-state index is 13.8. The first-order valence-corrected chi connectivity index (χ1v) is 12.4. The molecule has 0 fully saturated rings. The van der Waals surface area contributed by atoms with Crippen LogP contribution in [0.1, 0.15) is 40.9 Å². The number of fused-ring (bicyclic) bond motifs is 1. The molecular weight excluding hydrogens is 452 g/mol. The lowest BCUT2D eigenvalue weighted by molar-refractivity contribution is -0.128. The van der Waals surface area contributed by atoms with Crippen molar-refractivity contribution in [3.63, 3.8) is 0 Å². The maximum absolute atomic E-state index is 13.8. The summed E-state index contributed by atoms with van der Waals surface area (Å²) in [6.45, 7) is 3.58. The van der Waals surface area contributed by atoms with Crippen molar-refractivity contribution in [2.24, 2.45) is 0 Å². The van der Waals surface area contributed by atoms with E-state index in [-0.39, 0.29) is 17.1 Å². The number of anilines is 1. The normalized spacial score (nSPS) is 17.9. The highest BCUT2D eigenvalue weighted by Crippen LogP contribution is 2.47. The average Bonchev–Trinajstić information content (AvgIpc) is 2.95. The molecule has 0 aliphatic carbocycles. The molecule has 7 nitrogen and oxygen atoms in total. The zero-order valence-corrected chi connectivity index (χ0v) is 21.4. The second-order valence-electron chi connectivity index (χ2n) is 8.43. The number of carbonyl (C=O) groups excluding carboxylic acids is 2. The minimum Gasteiger partial charge on any atom is -0.497 e. The second kappa shape index (κ2) is 12.2. The molecule has 0 radical (unpaired) electrons. The van der Waals surface area contributed by atoms with Crippen molar-refractivity contribution in [3.05, 3.63) is 53.6 Å². The number of hydrogen-bond donors (Lipinski definition) is 0. The third-order valence-electron chi connectivity index (χ3n) is 5.72. The summed E-state index contributed by atoms with van der Waals surface area (Å²) >= 11 is 1.57. The van der Waals surface area contributed by atoms with E-state index in [1.165, 1.54) is 0 Å². The fraction of sp³-hybridized carbons (Fsp3) is 0.462. The van der Waals surface area contributed by atoms with E-state index in [9.17, 15) is 9.59 Å². The van der Waals surface area contributed by atoms with Gasteiger partial charge >= 0.3 is 5.97 Å². The van der Waals surface area contributed by atoms with Crippen molar-refractivity contribution >= 4 is 29.3 Å². The van der Waals surface area contributed by atoms with Crippen molar-refractivity contribution in [2.45, 2.75) is 36.0 Å². The molecule has 184 valence electrons. The number of hydrogen-bond acceptors (Lipinski definition) is 7. The lowest BCUT2D eigenvalue weighted by Crippen LogP contribution is -2.44. The minimum absolute atomic E-state index is 0.132. The molecule has 0 aromatic heterocycles. The Hall–Kier alpha value is -2.55. The Balaban J connectivity index is 2.02. The Kier molecular flexibility index (Phi) is 9.38. The van der Waals surface area contributed by atoms with Crippen LogP contribution >= 0.6 is 11.8 Å². The van der Waals surface area contributed by atoms with Crippen molar-refractivity contribution in [3.8, 4) is 5.75 Å². The summed E-state index contributed by atoms with van der Waals surface area (Å²) in [7, 11) is 7.12. The summed E-state index contributed by atoms with van der Waals surface area (Å²) < 4.78 is 16.5. The molecule has 34 heavy (non-hydrogen) atoms. The van der Waals surface area contributed by atoms with Gasteiger partial charge in [0.15, 0.2) is 6.10 Å². The number of likely N-dealkylation sites (N-methyl/N-ethyl adjacent to an activating group) is 1. The molecule has 2 unspecified atom stereocenters. The number of nitrogens with zero attached hydrogens (tertiary/aromatic N) is 2. The van der Waals surface area contributed by atoms with Crippen LogP contribution in [0.3, 0.4) is 0 Å². The molecular formula is C26H34N2O5S. The maximum Gasteiger partial charge on any atom is 0.338 e. The van der Waals surface area contributed by atoms with Crippen molar-refractivity contribution in [1.29, 1.82) is 0 Å². The Morgan fingerprint density at radius 2 is 1.85 bits per heavy atom. The number of ether oxygens (including phenoxy) is 3. The van der Waals surface area contributed by atoms with Gasteiger partial charge in [0.2, 0.25) is 0 Å². The Bertz CT molecular complexity index is 980. The van der Waals surface area contributed by atoms with Crippen LogP contribution in [0.15, 0.2) is 47.4 Å². The highest BCUT2D eigenvalue weighted by molar-refractivity contribution is 7.99. The second-order valence-corrected chi connectivity index (χ2v) is 9.62. The number of carbonyl (C=O) groups is 2. The summed E-state index contributed by atoms with van der Waals surface area (Å²) in [6.07, 6.45) is 1.08. The van der Waals surface area contributed by atoms with Gasteiger partial charge in [-0.05, 0) is 56.4 Å². The van der Waals surface area contributed by atoms with Gasteiger partial charge in [-0.1, -0.05) is 25.5 Å². The van der Waals surface area contributed by atoms with Crippen LogP contribution < -0.4 is 9.64 Å².